The van der Waals surface area contributed by atoms with Crippen molar-refractivity contribution >= 4 is 33.2 Å². The van der Waals surface area contributed by atoms with Gasteiger partial charge in [0.05, 0.1) is 17.2 Å². The monoisotopic (exact) mass is 410 g/mol. The summed E-state index contributed by atoms with van der Waals surface area (Å²) in [6.45, 7) is 5.86. The van der Waals surface area contributed by atoms with Crippen LogP contribution in [0.5, 0.6) is 5.75 Å². The second-order valence-corrected chi connectivity index (χ2v) is 8.13. The first-order chi connectivity index (χ1) is 12.8. The summed E-state index contributed by atoms with van der Waals surface area (Å²) in [5, 5.41) is 3.23. The molecular formula is C19H23ClN2O4S. The Bertz CT molecular complexity index is 898. The van der Waals surface area contributed by atoms with Crippen molar-refractivity contribution in [3.05, 3.63) is 53.1 Å². The summed E-state index contributed by atoms with van der Waals surface area (Å²) in [5.41, 5.74) is 0.677. The van der Waals surface area contributed by atoms with E-state index in [2.05, 4.69) is 10.0 Å². The number of ether oxygens (including phenoxy) is 1. The summed E-state index contributed by atoms with van der Waals surface area (Å²) in [4.78, 5) is 12.5. The Morgan fingerprint density at radius 2 is 1.81 bits per heavy atom. The first-order valence-electron chi connectivity index (χ1n) is 8.63. The molecule has 0 saturated carbocycles. The average Bonchev–Trinajstić information content (AvgIpc) is 2.63. The summed E-state index contributed by atoms with van der Waals surface area (Å²) in [7, 11) is -3.71. The van der Waals surface area contributed by atoms with Gasteiger partial charge in [-0.15, -0.1) is 0 Å². The van der Waals surface area contributed by atoms with E-state index in [0.29, 0.717) is 29.4 Å². The summed E-state index contributed by atoms with van der Waals surface area (Å²) in [6, 6.07) is 10.6. The van der Waals surface area contributed by atoms with E-state index in [4.69, 9.17) is 16.3 Å². The van der Waals surface area contributed by atoms with Gasteiger partial charge in [0.2, 0.25) is 10.0 Å². The van der Waals surface area contributed by atoms with Crippen LogP contribution in [-0.4, -0.2) is 27.0 Å². The topological polar surface area (TPSA) is 84.5 Å². The summed E-state index contributed by atoms with van der Waals surface area (Å²) < 4.78 is 33.2. The maximum atomic E-state index is 12.5. The molecule has 2 aromatic carbocycles. The van der Waals surface area contributed by atoms with Crippen LogP contribution in [0, 0.1) is 0 Å². The molecule has 2 aromatic rings. The van der Waals surface area contributed by atoms with Crippen LogP contribution in [0.4, 0.5) is 5.69 Å². The van der Waals surface area contributed by atoms with Crippen LogP contribution >= 0.6 is 11.6 Å². The molecule has 1 amide bonds. The Hall–Kier alpha value is -2.09. The van der Waals surface area contributed by atoms with Crippen molar-refractivity contribution < 1.29 is 17.9 Å². The predicted molar refractivity (Wildman–Crippen MR) is 107 cm³/mol. The highest BCUT2D eigenvalue weighted by Crippen LogP contribution is 2.28. The zero-order chi connectivity index (χ0) is 20.0. The highest BCUT2D eigenvalue weighted by molar-refractivity contribution is 7.89. The van der Waals surface area contributed by atoms with Crippen molar-refractivity contribution in [2.75, 3.05) is 11.9 Å². The molecule has 0 aromatic heterocycles. The summed E-state index contributed by atoms with van der Waals surface area (Å²) >= 11 is 5.84. The average molecular weight is 411 g/mol. The molecule has 2 rings (SSSR count). The number of nitrogens with one attached hydrogen (secondary N) is 2. The normalized spacial score (nSPS) is 12.4. The Balaban J connectivity index is 2.35. The largest absolute Gasteiger partial charge is 0.492 e. The fraction of sp³-hybridized carbons (Fsp3) is 0.316. The molecule has 0 radical (unpaired) electrons. The molecule has 0 aliphatic heterocycles. The number of amides is 1. The Morgan fingerprint density at radius 1 is 1.15 bits per heavy atom. The Labute approximate surface area is 164 Å². The van der Waals surface area contributed by atoms with E-state index in [0.717, 1.165) is 0 Å². The van der Waals surface area contributed by atoms with E-state index in [1.165, 1.54) is 18.2 Å². The lowest BCUT2D eigenvalue weighted by Gasteiger charge is -2.16. The van der Waals surface area contributed by atoms with E-state index in [1.807, 2.05) is 6.92 Å². The van der Waals surface area contributed by atoms with Crippen molar-refractivity contribution in [3.63, 3.8) is 0 Å². The van der Waals surface area contributed by atoms with Crippen LogP contribution in [0.25, 0.3) is 0 Å². The number of halogens is 1. The van der Waals surface area contributed by atoms with Crippen molar-refractivity contribution in [2.45, 2.75) is 38.1 Å². The predicted octanol–water partition coefficient (Wildman–Crippen LogP) is 4.07. The molecule has 6 nitrogen and oxygen atoms in total. The number of anilines is 1. The van der Waals surface area contributed by atoms with Gasteiger partial charge in [-0.1, -0.05) is 18.5 Å². The van der Waals surface area contributed by atoms with Gasteiger partial charge >= 0.3 is 0 Å². The third kappa shape index (κ3) is 5.69. The van der Waals surface area contributed by atoms with Crippen molar-refractivity contribution in [3.8, 4) is 5.75 Å². The second kappa shape index (κ2) is 9.21. The van der Waals surface area contributed by atoms with Crippen LogP contribution < -0.4 is 14.8 Å². The van der Waals surface area contributed by atoms with E-state index >= 15 is 0 Å². The molecular weight excluding hydrogens is 388 g/mol. The quantitative estimate of drug-likeness (QED) is 0.687. The molecule has 0 aliphatic rings. The first-order valence-corrected chi connectivity index (χ1v) is 10.5. The number of carbonyl (C=O) groups is 1. The van der Waals surface area contributed by atoms with Crippen LogP contribution in [0.3, 0.4) is 0 Å². The van der Waals surface area contributed by atoms with Gasteiger partial charge in [0.15, 0.2) is 0 Å². The molecule has 0 bridgehead atoms. The fourth-order valence-electron chi connectivity index (χ4n) is 2.27. The minimum absolute atomic E-state index is 0.0534. The third-order valence-corrected chi connectivity index (χ3v) is 5.72. The zero-order valence-electron chi connectivity index (χ0n) is 15.5. The smallest absolute Gasteiger partial charge is 0.255 e. The van der Waals surface area contributed by atoms with E-state index in [-0.39, 0.29) is 16.6 Å². The van der Waals surface area contributed by atoms with Crippen LogP contribution in [0.2, 0.25) is 5.02 Å². The Kier molecular flexibility index (Phi) is 7.24. The van der Waals surface area contributed by atoms with Crippen molar-refractivity contribution in [2.24, 2.45) is 0 Å². The zero-order valence-corrected chi connectivity index (χ0v) is 17.0. The van der Waals surface area contributed by atoms with E-state index < -0.39 is 15.9 Å². The highest BCUT2D eigenvalue weighted by Gasteiger charge is 2.19. The SMILES string of the molecule is CCOc1ccc(S(=O)(=O)N[C@@H](C)CC)cc1NC(=O)c1ccc(Cl)cc1. The molecule has 1 atom stereocenters. The number of sulfonamides is 1. The van der Waals surface area contributed by atoms with Gasteiger partial charge in [-0.25, -0.2) is 13.1 Å². The Morgan fingerprint density at radius 3 is 2.41 bits per heavy atom. The number of rotatable bonds is 8. The summed E-state index contributed by atoms with van der Waals surface area (Å²) in [6.07, 6.45) is 0.663. The van der Waals surface area contributed by atoms with Crippen molar-refractivity contribution in [1.82, 2.24) is 4.72 Å². The van der Waals surface area contributed by atoms with E-state index in [1.54, 1.807) is 38.1 Å². The maximum Gasteiger partial charge on any atom is 0.255 e. The molecule has 2 N–H and O–H groups in total. The highest BCUT2D eigenvalue weighted by atomic mass is 35.5. The van der Waals surface area contributed by atoms with Gasteiger partial charge in [0.1, 0.15) is 5.75 Å². The van der Waals surface area contributed by atoms with Gasteiger partial charge < -0.3 is 10.1 Å². The molecule has 0 spiro atoms. The van der Waals surface area contributed by atoms with Crippen LogP contribution in [0.15, 0.2) is 47.4 Å². The lowest BCUT2D eigenvalue weighted by atomic mass is 10.2. The van der Waals surface area contributed by atoms with Gasteiger partial charge in [0.25, 0.3) is 5.91 Å². The minimum atomic E-state index is -3.71. The number of hydrogen-bond acceptors (Lipinski definition) is 4. The third-order valence-electron chi connectivity index (χ3n) is 3.88. The lowest BCUT2D eigenvalue weighted by Crippen LogP contribution is -2.32. The minimum Gasteiger partial charge on any atom is -0.492 e. The molecule has 0 saturated heterocycles. The molecule has 146 valence electrons. The van der Waals surface area contributed by atoms with Crippen molar-refractivity contribution in [1.29, 1.82) is 0 Å². The molecule has 27 heavy (non-hydrogen) atoms. The van der Waals surface area contributed by atoms with Gasteiger partial charge in [-0.2, -0.15) is 0 Å². The molecule has 0 fully saturated rings. The lowest BCUT2D eigenvalue weighted by molar-refractivity contribution is 0.102. The number of carbonyl (C=O) groups excluding carboxylic acids is 1. The second-order valence-electron chi connectivity index (χ2n) is 5.98. The molecule has 0 unspecified atom stereocenters. The molecule has 8 heteroatoms. The van der Waals surface area contributed by atoms with Crippen LogP contribution in [0.1, 0.15) is 37.6 Å². The molecule has 0 aliphatic carbocycles. The van der Waals surface area contributed by atoms with Crippen LogP contribution in [-0.2, 0) is 10.0 Å². The molecule has 0 heterocycles. The number of benzene rings is 2. The fourth-order valence-corrected chi connectivity index (χ4v) is 3.75. The van der Waals surface area contributed by atoms with Gasteiger partial charge in [-0.3, -0.25) is 4.79 Å². The van der Waals surface area contributed by atoms with Gasteiger partial charge in [-0.05, 0) is 62.7 Å². The number of hydrogen-bond donors (Lipinski definition) is 2. The standard InChI is InChI=1S/C19H23ClN2O4S/c1-4-13(3)22-27(24,25)16-10-11-18(26-5-2)17(12-16)21-19(23)14-6-8-15(20)9-7-14/h6-13,22H,4-5H2,1-3H3,(H,21,23)/t13-/m0/s1. The van der Waals surface area contributed by atoms with Gasteiger partial charge in [0, 0.05) is 16.6 Å². The van der Waals surface area contributed by atoms with E-state index in [9.17, 15) is 13.2 Å². The summed E-state index contributed by atoms with van der Waals surface area (Å²) in [5.74, 6) is -0.000596. The first kappa shape index (κ1) is 21.2. The maximum absolute atomic E-state index is 12.5.